The molecule has 15 heteroatoms. The number of hydrogen-bond donors (Lipinski definition) is 2. The van der Waals surface area contributed by atoms with E-state index < -0.39 is 24.3 Å². The first-order valence-corrected chi connectivity index (χ1v) is 12.0. The molecule has 0 aliphatic carbocycles. The first kappa shape index (κ1) is 31.5. The van der Waals surface area contributed by atoms with Crippen molar-refractivity contribution in [1.29, 1.82) is 0 Å². The number of aryl methyl sites for hydroxylation is 1. The number of carboxylic acids is 2. The Morgan fingerprint density at radius 3 is 2.26 bits per heavy atom. The van der Waals surface area contributed by atoms with Crippen LogP contribution in [-0.4, -0.2) is 75.8 Å². The van der Waals surface area contributed by atoms with Crippen LogP contribution in [0.5, 0.6) is 0 Å². The van der Waals surface area contributed by atoms with Gasteiger partial charge in [0.15, 0.2) is 0 Å². The van der Waals surface area contributed by atoms with Crippen LogP contribution in [0.2, 0.25) is 0 Å². The Kier molecular flexibility index (Phi) is 11.1. The highest BCUT2D eigenvalue weighted by Gasteiger charge is 2.47. The van der Waals surface area contributed by atoms with E-state index in [0.29, 0.717) is 12.7 Å². The van der Waals surface area contributed by atoms with Gasteiger partial charge in [-0.05, 0) is 35.9 Å². The summed E-state index contributed by atoms with van der Waals surface area (Å²) in [5, 5.41) is 16.4. The van der Waals surface area contributed by atoms with Crippen LogP contribution in [0.4, 0.5) is 26.3 Å². The standard InChI is InChI=1S/C19H24N2O2S.2C2HF3O2/c1-15-7-16(10-20-9-15)12-22-17-4-5-23-19(8-17)13-21(14-19)11-18-3-2-6-24-18;2*3-2(4,5)1(6)7/h2-3,6-7,9-10,17H,4-5,8,11-14H2,1H3;2*(H,6,7). The van der Waals surface area contributed by atoms with Gasteiger partial charge in [-0.25, -0.2) is 9.59 Å². The number of ether oxygens (including phenoxy) is 2. The van der Waals surface area contributed by atoms with Crippen molar-refractivity contribution in [1.82, 2.24) is 9.88 Å². The van der Waals surface area contributed by atoms with E-state index in [0.717, 1.165) is 44.6 Å². The van der Waals surface area contributed by atoms with Crippen LogP contribution in [0.25, 0.3) is 0 Å². The Hall–Kier alpha value is -2.75. The van der Waals surface area contributed by atoms with Gasteiger partial charge in [0.05, 0.1) is 18.3 Å². The third-order valence-electron chi connectivity index (χ3n) is 5.33. The Morgan fingerprint density at radius 2 is 1.76 bits per heavy atom. The second-order valence-electron chi connectivity index (χ2n) is 8.66. The monoisotopic (exact) mass is 572 g/mol. The van der Waals surface area contributed by atoms with Crippen LogP contribution < -0.4 is 0 Å². The minimum atomic E-state index is -5.08. The van der Waals surface area contributed by atoms with E-state index in [1.54, 1.807) is 0 Å². The maximum atomic E-state index is 10.6. The highest BCUT2D eigenvalue weighted by atomic mass is 32.1. The van der Waals surface area contributed by atoms with Crippen molar-refractivity contribution in [2.75, 3.05) is 19.7 Å². The van der Waals surface area contributed by atoms with Crippen molar-refractivity contribution < 1.29 is 55.6 Å². The number of pyridine rings is 1. The van der Waals surface area contributed by atoms with Crippen molar-refractivity contribution in [2.45, 2.75) is 57.0 Å². The lowest BCUT2D eigenvalue weighted by Crippen LogP contribution is -2.65. The summed E-state index contributed by atoms with van der Waals surface area (Å²) < 4.78 is 75.8. The van der Waals surface area contributed by atoms with Gasteiger partial charge in [-0.2, -0.15) is 26.3 Å². The highest BCUT2D eigenvalue weighted by molar-refractivity contribution is 7.09. The van der Waals surface area contributed by atoms with E-state index in [-0.39, 0.29) is 5.60 Å². The van der Waals surface area contributed by atoms with E-state index in [4.69, 9.17) is 29.3 Å². The largest absolute Gasteiger partial charge is 0.490 e. The molecule has 1 spiro atoms. The van der Waals surface area contributed by atoms with Crippen molar-refractivity contribution in [3.63, 3.8) is 0 Å². The molecule has 2 fully saturated rings. The van der Waals surface area contributed by atoms with Crippen molar-refractivity contribution >= 4 is 23.3 Å². The molecule has 1 atom stereocenters. The maximum absolute atomic E-state index is 10.6. The van der Waals surface area contributed by atoms with Crippen LogP contribution in [0, 0.1) is 6.92 Å². The minimum Gasteiger partial charge on any atom is -0.475 e. The third kappa shape index (κ3) is 10.6. The van der Waals surface area contributed by atoms with Crippen LogP contribution in [0.1, 0.15) is 28.8 Å². The predicted octanol–water partition coefficient (Wildman–Crippen LogP) is 4.67. The zero-order valence-electron chi connectivity index (χ0n) is 20.1. The fourth-order valence-electron chi connectivity index (χ4n) is 3.76. The van der Waals surface area contributed by atoms with Crippen molar-refractivity contribution in [3.05, 3.63) is 52.0 Å². The van der Waals surface area contributed by atoms with Gasteiger partial charge in [0.1, 0.15) is 0 Å². The fourth-order valence-corrected chi connectivity index (χ4v) is 4.51. The number of alkyl halides is 6. The molecule has 0 aromatic carbocycles. The van der Waals surface area contributed by atoms with Gasteiger partial charge in [0.2, 0.25) is 0 Å². The molecule has 4 heterocycles. The summed E-state index contributed by atoms with van der Waals surface area (Å²) in [7, 11) is 0. The second kappa shape index (κ2) is 13.4. The molecular formula is C23H26F6N2O6S. The number of thiophene rings is 1. The number of aromatic nitrogens is 1. The lowest BCUT2D eigenvalue weighted by molar-refractivity contribution is -0.200. The molecule has 2 aliphatic heterocycles. The third-order valence-corrected chi connectivity index (χ3v) is 6.19. The lowest BCUT2D eigenvalue weighted by atomic mass is 9.84. The number of likely N-dealkylation sites (tertiary alicyclic amines) is 1. The summed E-state index contributed by atoms with van der Waals surface area (Å²) >= 11 is 1.83. The smallest absolute Gasteiger partial charge is 0.475 e. The molecule has 38 heavy (non-hydrogen) atoms. The average molecular weight is 573 g/mol. The molecule has 0 bridgehead atoms. The molecule has 2 N–H and O–H groups in total. The number of aliphatic carboxylic acids is 2. The first-order valence-electron chi connectivity index (χ1n) is 11.1. The van der Waals surface area contributed by atoms with Gasteiger partial charge in [0.25, 0.3) is 0 Å². The summed E-state index contributed by atoms with van der Waals surface area (Å²) in [6.07, 6.45) is -4.10. The first-order chi connectivity index (χ1) is 17.6. The maximum Gasteiger partial charge on any atom is 0.490 e. The summed E-state index contributed by atoms with van der Waals surface area (Å²) in [5.74, 6) is -5.51. The molecular weight excluding hydrogens is 546 g/mol. The van der Waals surface area contributed by atoms with Gasteiger partial charge < -0.3 is 19.7 Å². The van der Waals surface area contributed by atoms with Crippen LogP contribution in [0.15, 0.2) is 36.0 Å². The predicted molar refractivity (Wildman–Crippen MR) is 122 cm³/mol. The summed E-state index contributed by atoms with van der Waals surface area (Å²) in [6, 6.07) is 6.48. The number of rotatable bonds is 5. The van der Waals surface area contributed by atoms with Gasteiger partial charge >= 0.3 is 24.3 Å². The number of carbonyl (C=O) groups is 2. The Labute approximate surface area is 217 Å². The molecule has 2 saturated heterocycles. The lowest BCUT2D eigenvalue weighted by Gasteiger charge is -2.53. The van der Waals surface area contributed by atoms with E-state index in [9.17, 15) is 26.3 Å². The summed E-state index contributed by atoms with van der Waals surface area (Å²) in [5.41, 5.74) is 2.36. The Bertz CT molecular complexity index is 1020. The average Bonchev–Trinajstić information content (AvgIpc) is 3.30. The van der Waals surface area contributed by atoms with Gasteiger partial charge in [-0.15, -0.1) is 11.3 Å². The van der Waals surface area contributed by atoms with Crippen LogP contribution in [0.3, 0.4) is 0 Å². The van der Waals surface area contributed by atoms with Crippen molar-refractivity contribution in [2.24, 2.45) is 0 Å². The Morgan fingerprint density at radius 1 is 1.16 bits per heavy atom. The molecule has 2 aromatic heterocycles. The molecule has 1 unspecified atom stereocenters. The number of nitrogens with zero attached hydrogens (tertiary/aromatic N) is 2. The molecule has 0 saturated carbocycles. The molecule has 2 aliphatic rings. The Balaban J connectivity index is 0.000000301. The van der Waals surface area contributed by atoms with E-state index in [2.05, 4.69) is 40.4 Å². The second-order valence-corrected chi connectivity index (χ2v) is 9.69. The normalized spacial score (nSPS) is 18.9. The van der Waals surface area contributed by atoms with E-state index >= 15 is 0 Å². The van der Waals surface area contributed by atoms with Gasteiger partial charge in [-0.3, -0.25) is 9.88 Å². The molecule has 4 rings (SSSR count). The molecule has 0 amide bonds. The van der Waals surface area contributed by atoms with E-state index in [1.165, 1.54) is 10.4 Å². The van der Waals surface area contributed by atoms with Gasteiger partial charge in [-0.1, -0.05) is 12.1 Å². The zero-order valence-corrected chi connectivity index (χ0v) is 20.9. The van der Waals surface area contributed by atoms with Crippen LogP contribution >= 0.6 is 11.3 Å². The number of hydrogen-bond acceptors (Lipinski definition) is 7. The number of halogens is 6. The molecule has 0 radical (unpaired) electrons. The highest BCUT2D eigenvalue weighted by Crippen LogP contribution is 2.36. The minimum absolute atomic E-state index is 0.0189. The quantitative estimate of drug-likeness (QED) is 0.498. The fraction of sp³-hybridized carbons (Fsp3) is 0.522. The zero-order chi connectivity index (χ0) is 28.6. The van der Waals surface area contributed by atoms with Crippen LogP contribution in [-0.2, 0) is 32.2 Å². The van der Waals surface area contributed by atoms with E-state index in [1.807, 2.05) is 23.7 Å². The van der Waals surface area contributed by atoms with Gasteiger partial charge in [0, 0.05) is 49.9 Å². The molecule has 8 nitrogen and oxygen atoms in total. The SMILES string of the molecule is Cc1cncc(COC2CCOC3(C2)CN(Cc2cccs2)C3)c1.O=C(O)C(F)(F)F.O=C(O)C(F)(F)F. The summed E-state index contributed by atoms with van der Waals surface area (Å²) in [6.45, 7) is 6.62. The molecule has 2 aromatic rings. The van der Waals surface area contributed by atoms with Crippen molar-refractivity contribution in [3.8, 4) is 0 Å². The summed E-state index contributed by atoms with van der Waals surface area (Å²) in [4.78, 5) is 25.9. The topological polar surface area (TPSA) is 109 Å². The number of carboxylic acid groups (broad SMARTS) is 2. The molecule has 212 valence electrons.